The Bertz CT molecular complexity index is 1130. The van der Waals surface area contributed by atoms with Gasteiger partial charge in [-0.25, -0.2) is 8.42 Å². The number of nitrogens with zero attached hydrogens (tertiary/aromatic N) is 2. The van der Waals surface area contributed by atoms with Gasteiger partial charge in [-0.15, -0.1) is 11.3 Å². The molecule has 1 aromatic carbocycles. The number of carbonyl (C=O) groups excluding carboxylic acids is 2. The molecule has 1 aromatic heterocycles. The minimum absolute atomic E-state index is 0.130. The first-order valence-electron chi connectivity index (χ1n) is 10.3. The van der Waals surface area contributed by atoms with Crippen LogP contribution in [0.4, 0.5) is 5.69 Å². The fraction of sp³-hybridized carbons (Fsp3) is 0.364. The van der Waals surface area contributed by atoms with E-state index in [2.05, 4.69) is 5.32 Å². The Hall–Kier alpha value is -2.49. The van der Waals surface area contributed by atoms with Gasteiger partial charge in [0.1, 0.15) is 5.70 Å². The summed E-state index contributed by atoms with van der Waals surface area (Å²) in [4.78, 5) is 28.3. The average Bonchev–Trinajstić information content (AvgIpc) is 3.48. The van der Waals surface area contributed by atoms with Crippen LogP contribution in [0.2, 0.25) is 0 Å². The second-order valence-corrected chi connectivity index (χ2v) is 11.0. The van der Waals surface area contributed by atoms with Crippen LogP contribution < -0.4 is 5.32 Å². The molecular formula is C22H25N3O4S2. The molecule has 1 saturated heterocycles. The van der Waals surface area contributed by atoms with E-state index in [9.17, 15) is 18.0 Å². The summed E-state index contributed by atoms with van der Waals surface area (Å²) in [5.41, 5.74) is 0.967. The van der Waals surface area contributed by atoms with Crippen LogP contribution >= 0.6 is 11.3 Å². The van der Waals surface area contributed by atoms with Gasteiger partial charge in [-0.2, -0.15) is 4.31 Å². The van der Waals surface area contributed by atoms with Crippen molar-refractivity contribution in [3.05, 3.63) is 52.4 Å². The third kappa shape index (κ3) is 4.17. The Morgan fingerprint density at radius 1 is 1.06 bits per heavy atom. The zero-order valence-electron chi connectivity index (χ0n) is 17.5. The first kappa shape index (κ1) is 21.7. The Balaban J connectivity index is 1.70. The van der Waals surface area contributed by atoms with Gasteiger partial charge in [-0.3, -0.25) is 14.5 Å². The van der Waals surface area contributed by atoms with Crippen LogP contribution in [-0.4, -0.2) is 49.1 Å². The number of anilines is 1. The third-order valence-electron chi connectivity index (χ3n) is 5.29. The van der Waals surface area contributed by atoms with E-state index in [-0.39, 0.29) is 22.4 Å². The van der Waals surface area contributed by atoms with Gasteiger partial charge >= 0.3 is 0 Å². The minimum Gasteiger partial charge on any atom is -0.350 e. The average molecular weight is 460 g/mol. The number of sulfonamides is 1. The van der Waals surface area contributed by atoms with Gasteiger partial charge < -0.3 is 5.32 Å². The highest BCUT2D eigenvalue weighted by atomic mass is 32.2. The first-order valence-corrected chi connectivity index (χ1v) is 12.6. The number of carbonyl (C=O) groups is 2. The molecule has 9 heteroatoms. The molecule has 3 heterocycles. The van der Waals surface area contributed by atoms with Gasteiger partial charge in [0.05, 0.1) is 10.5 Å². The highest BCUT2D eigenvalue weighted by Crippen LogP contribution is 2.33. The van der Waals surface area contributed by atoms with Crippen molar-refractivity contribution in [2.75, 3.05) is 25.0 Å². The molecule has 0 radical (unpaired) electrons. The molecule has 2 aliphatic rings. The zero-order valence-corrected chi connectivity index (χ0v) is 19.1. The number of thiophene rings is 1. The van der Waals surface area contributed by atoms with Gasteiger partial charge in [0, 0.05) is 30.2 Å². The molecular weight excluding hydrogens is 434 g/mol. The number of amides is 2. The van der Waals surface area contributed by atoms with E-state index in [1.807, 2.05) is 25.3 Å². The lowest BCUT2D eigenvalue weighted by Crippen LogP contribution is -2.35. The quantitative estimate of drug-likeness (QED) is 0.642. The van der Waals surface area contributed by atoms with E-state index >= 15 is 0 Å². The summed E-state index contributed by atoms with van der Waals surface area (Å²) in [6.07, 6.45) is 1.72. The summed E-state index contributed by atoms with van der Waals surface area (Å²) in [6, 6.07) is 10.1. The number of rotatable bonds is 7. The number of imide groups is 1. The summed E-state index contributed by atoms with van der Waals surface area (Å²) in [6.45, 7) is 5.25. The normalized spacial score (nSPS) is 18.0. The highest BCUT2D eigenvalue weighted by Gasteiger charge is 2.40. The van der Waals surface area contributed by atoms with Crippen LogP contribution in [0.5, 0.6) is 0 Å². The van der Waals surface area contributed by atoms with Crippen LogP contribution in [0.25, 0.3) is 5.57 Å². The molecule has 0 saturated carbocycles. The molecule has 0 atom stereocenters. The molecule has 4 rings (SSSR count). The number of hydrogen-bond acceptors (Lipinski definition) is 6. The van der Waals surface area contributed by atoms with Crippen molar-refractivity contribution < 1.29 is 18.0 Å². The van der Waals surface area contributed by atoms with E-state index in [0.717, 1.165) is 12.8 Å². The third-order valence-corrected chi connectivity index (χ3v) is 8.07. The first-order chi connectivity index (χ1) is 14.8. The molecule has 2 aliphatic heterocycles. The smallest absolute Gasteiger partial charge is 0.278 e. The van der Waals surface area contributed by atoms with E-state index in [0.29, 0.717) is 35.8 Å². The summed E-state index contributed by atoms with van der Waals surface area (Å²) >= 11 is 1.39. The second-order valence-electron chi connectivity index (χ2n) is 8.11. The maximum atomic E-state index is 13.1. The van der Waals surface area contributed by atoms with Crippen LogP contribution in [0.1, 0.15) is 31.6 Å². The Morgan fingerprint density at radius 2 is 1.81 bits per heavy atom. The Labute approximate surface area is 186 Å². The molecule has 0 spiro atoms. The molecule has 1 fully saturated rings. The van der Waals surface area contributed by atoms with E-state index in [1.165, 1.54) is 26.6 Å². The fourth-order valence-electron chi connectivity index (χ4n) is 3.83. The molecule has 2 aromatic rings. The van der Waals surface area contributed by atoms with Crippen molar-refractivity contribution in [3.8, 4) is 0 Å². The Morgan fingerprint density at radius 3 is 2.45 bits per heavy atom. The summed E-state index contributed by atoms with van der Waals surface area (Å²) in [7, 11) is -3.59. The van der Waals surface area contributed by atoms with Gasteiger partial charge in [-0.05, 0) is 48.4 Å². The molecule has 164 valence electrons. The summed E-state index contributed by atoms with van der Waals surface area (Å²) in [5.74, 6) is -0.592. The predicted molar refractivity (Wildman–Crippen MR) is 121 cm³/mol. The van der Waals surface area contributed by atoms with Gasteiger partial charge in [0.25, 0.3) is 11.8 Å². The monoisotopic (exact) mass is 459 g/mol. The number of hydrogen-bond donors (Lipinski definition) is 1. The lowest BCUT2D eigenvalue weighted by Gasteiger charge is -2.18. The maximum Gasteiger partial charge on any atom is 0.278 e. The fourth-order valence-corrected chi connectivity index (χ4v) is 6.16. The molecule has 31 heavy (non-hydrogen) atoms. The van der Waals surface area contributed by atoms with Crippen molar-refractivity contribution >= 4 is 44.4 Å². The molecule has 7 nitrogen and oxygen atoms in total. The minimum atomic E-state index is -3.59. The van der Waals surface area contributed by atoms with E-state index < -0.39 is 15.9 Å². The standard InChI is InChI=1S/C22H25N3O4S2/c1-15(2)14-25-21(26)19(18-9-6-12-30-18)20(22(25)27)23-16-7-5-8-17(13-16)31(28,29)24-10-3-4-11-24/h5-9,12-13,15,23H,3-4,10-11,14H2,1-2H3. The van der Waals surface area contributed by atoms with Crippen LogP contribution in [-0.2, 0) is 19.6 Å². The molecule has 0 aliphatic carbocycles. The van der Waals surface area contributed by atoms with E-state index in [1.54, 1.807) is 24.3 Å². The molecule has 0 unspecified atom stereocenters. The van der Waals surface area contributed by atoms with Crippen molar-refractivity contribution in [2.45, 2.75) is 31.6 Å². The zero-order chi connectivity index (χ0) is 22.2. The van der Waals surface area contributed by atoms with Crippen molar-refractivity contribution in [3.63, 3.8) is 0 Å². The second kappa shape index (κ2) is 8.57. The van der Waals surface area contributed by atoms with Gasteiger partial charge in [0.15, 0.2) is 0 Å². The lowest BCUT2D eigenvalue weighted by molar-refractivity contribution is -0.137. The van der Waals surface area contributed by atoms with Crippen LogP contribution in [0.15, 0.2) is 52.4 Å². The predicted octanol–water partition coefficient (Wildman–Crippen LogP) is 3.38. The van der Waals surface area contributed by atoms with Crippen LogP contribution in [0, 0.1) is 5.92 Å². The topological polar surface area (TPSA) is 86.8 Å². The van der Waals surface area contributed by atoms with Crippen LogP contribution in [0.3, 0.4) is 0 Å². The van der Waals surface area contributed by atoms with Gasteiger partial charge in [0.2, 0.25) is 10.0 Å². The number of nitrogens with one attached hydrogen (secondary N) is 1. The van der Waals surface area contributed by atoms with Crippen molar-refractivity contribution in [1.82, 2.24) is 9.21 Å². The van der Waals surface area contributed by atoms with E-state index in [4.69, 9.17) is 0 Å². The van der Waals surface area contributed by atoms with Crippen molar-refractivity contribution in [1.29, 1.82) is 0 Å². The molecule has 0 bridgehead atoms. The maximum absolute atomic E-state index is 13.1. The van der Waals surface area contributed by atoms with Gasteiger partial charge in [-0.1, -0.05) is 26.0 Å². The summed E-state index contributed by atoms with van der Waals surface area (Å²) in [5, 5.41) is 4.91. The largest absolute Gasteiger partial charge is 0.350 e. The summed E-state index contributed by atoms with van der Waals surface area (Å²) < 4.78 is 27.3. The SMILES string of the molecule is CC(C)CN1C(=O)C(Nc2cccc(S(=O)(=O)N3CCCC3)c2)=C(c2cccs2)C1=O. The Kier molecular flexibility index (Phi) is 6.00. The lowest BCUT2D eigenvalue weighted by atomic mass is 10.2. The highest BCUT2D eigenvalue weighted by molar-refractivity contribution is 7.89. The van der Waals surface area contributed by atoms with Crippen molar-refractivity contribution in [2.24, 2.45) is 5.92 Å². The molecule has 2 amide bonds. The number of benzene rings is 1. The molecule has 1 N–H and O–H groups in total.